The molecule has 7 nitrogen and oxygen atoms in total. The van der Waals surface area contributed by atoms with E-state index in [1.807, 2.05) is 12.1 Å². The van der Waals surface area contributed by atoms with Gasteiger partial charge < -0.3 is 19.4 Å². The summed E-state index contributed by atoms with van der Waals surface area (Å²) in [6.07, 6.45) is 7.66. The Morgan fingerprint density at radius 1 is 1.15 bits per heavy atom. The molecule has 2 aromatic heterocycles. The van der Waals surface area contributed by atoms with Crippen LogP contribution in [-0.4, -0.2) is 40.9 Å². The molecular formula is C25H25F2N3O4. The van der Waals surface area contributed by atoms with E-state index >= 15 is 0 Å². The van der Waals surface area contributed by atoms with Crippen LogP contribution in [0.2, 0.25) is 0 Å². The van der Waals surface area contributed by atoms with Gasteiger partial charge in [0.25, 0.3) is 5.91 Å². The molecule has 0 radical (unpaired) electrons. The standard InChI is InChI=1S/C25H25F2N3O4/c26-25(27)34-19-10-8-17(9-11-19)15-20(29-23(31)22-7-4-14-33-22)24(32)30-13-2-1-6-21(30)18-5-3-12-28-16-18/h3-5,7-12,14,16,20-21,25H,1-2,6,13,15H2,(H,29,31)/t20-,21+/m0/s1. The monoisotopic (exact) mass is 469 g/mol. The SMILES string of the molecule is O=C(N[C@@H](Cc1ccc(OC(F)F)cc1)C(=O)N1CCCC[C@@H]1c1cccnc1)c1ccco1. The highest BCUT2D eigenvalue weighted by atomic mass is 19.3. The third-order valence-corrected chi connectivity index (χ3v) is 5.79. The summed E-state index contributed by atoms with van der Waals surface area (Å²) < 4.78 is 34.5. The van der Waals surface area contributed by atoms with Crippen molar-refractivity contribution in [2.24, 2.45) is 0 Å². The Kier molecular flexibility index (Phi) is 7.51. The Morgan fingerprint density at radius 2 is 1.97 bits per heavy atom. The molecule has 0 bridgehead atoms. The van der Waals surface area contributed by atoms with Gasteiger partial charge in [-0.2, -0.15) is 8.78 Å². The van der Waals surface area contributed by atoms with Crippen molar-refractivity contribution in [3.63, 3.8) is 0 Å². The third-order valence-electron chi connectivity index (χ3n) is 5.79. The first-order valence-electron chi connectivity index (χ1n) is 11.1. The fraction of sp³-hybridized carbons (Fsp3) is 0.320. The van der Waals surface area contributed by atoms with Crippen LogP contribution in [0.15, 0.2) is 71.6 Å². The highest BCUT2D eigenvalue weighted by Crippen LogP contribution is 2.31. The van der Waals surface area contributed by atoms with E-state index in [4.69, 9.17) is 4.42 Å². The Bertz CT molecular complexity index is 1080. The van der Waals surface area contributed by atoms with E-state index in [9.17, 15) is 18.4 Å². The molecule has 34 heavy (non-hydrogen) atoms. The Labute approximate surface area is 195 Å². The number of piperidine rings is 1. The molecule has 1 fully saturated rings. The molecule has 9 heteroatoms. The second-order valence-electron chi connectivity index (χ2n) is 8.06. The van der Waals surface area contributed by atoms with Crippen LogP contribution in [0.3, 0.4) is 0 Å². The molecule has 178 valence electrons. The normalized spacial score (nSPS) is 16.8. The minimum absolute atomic E-state index is 0.0221. The minimum Gasteiger partial charge on any atom is -0.459 e. The van der Waals surface area contributed by atoms with Crippen molar-refractivity contribution in [2.75, 3.05) is 6.54 Å². The topological polar surface area (TPSA) is 84.7 Å². The first-order valence-corrected chi connectivity index (χ1v) is 11.1. The van der Waals surface area contributed by atoms with Gasteiger partial charge in [-0.15, -0.1) is 0 Å². The van der Waals surface area contributed by atoms with Gasteiger partial charge >= 0.3 is 6.61 Å². The lowest BCUT2D eigenvalue weighted by molar-refractivity contribution is -0.137. The number of furan rings is 1. The molecule has 1 aromatic carbocycles. The van der Waals surface area contributed by atoms with E-state index < -0.39 is 18.6 Å². The number of hydrogen-bond donors (Lipinski definition) is 1. The highest BCUT2D eigenvalue weighted by Gasteiger charge is 2.34. The number of aromatic nitrogens is 1. The highest BCUT2D eigenvalue weighted by molar-refractivity contribution is 5.95. The lowest BCUT2D eigenvalue weighted by atomic mass is 9.94. The van der Waals surface area contributed by atoms with Gasteiger partial charge in [0.05, 0.1) is 12.3 Å². The van der Waals surface area contributed by atoms with Crippen LogP contribution in [-0.2, 0) is 11.2 Å². The number of hydrogen-bond acceptors (Lipinski definition) is 5. The number of carbonyl (C=O) groups is 2. The second kappa shape index (κ2) is 10.9. The van der Waals surface area contributed by atoms with Gasteiger partial charge in [0, 0.05) is 25.4 Å². The lowest BCUT2D eigenvalue weighted by Crippen LogP contribution is -2.51. The number of ether oxygens (including phenoxy) is 1. The van der Waals surface area contributed by atoms with Gasteiger partial charge in [0.2, 0.25) is 5.91 Å². The summed E-state index contributed by atoms with van der Waals surface area (Å²) in [6.45, 7) is -2.36. The van der Waals surface area contributed by atoms with E-state index in [1.54, 1.807) is 35.5 Å². The average Bonchev–Trinajstić information content (AvgIpc) is 3.40. The number of nitrogens with one attached hydrogen (secondary N) is 1. The number of alkyl halides is 2. The van der Waals surface area contributed by atoms with Crippen molar-refractivity contribution in [1.29, 1.82) is 0 Å². The van der Waals surface area contributed by atoms with Crippen LogP contribution in [0.25, 0.3) is 0 Å². The van der Waals surface area contributed by atoms with Gasteiger partial charge in [-0.25, -0.2) is 0 Å². The predicted octanol–water partition coefficient (Wildman–Crippen LogP) is 4.37. The van der Waals surface area contributed by atoms with Gasteiger partial charge in [0.1, 0.15) is 11.8 Å². The maximum Gasteiger partial charge on any atom is 0.387 e. The summed E-state index contributed by atoms with van der Waals surface area (Å²) in [4.78, 5) is 32.5. The first kappa shape index (κ1) is 23.4. The number of amides is 2. The summed E-state index contributed by atoms with van der Waals surface area (Å²) >= 11 is 0. The molecule has 1 aliphatic rings. The molecule has 1 aliphatic heterocycles. The lowest BCUT2D eigenvalue weighted by Gasteiger charge is -2.38. The van der Waals surface area contributed by atoms with Crippen molar-refractivity contribution in [3.8, 4) is 5.75 Å². The fourth-order valence-electron chi connectivity index (χ4n) is 4.20. The minimum atomic E-state index is -2.92. The van der Waals surface area contributed by atoms with E-state index in [2.05, 4.69) is 15.0 Å². The maximum atomic E-state index is 13.7. The number of likely N-dealkylation sites (tertiary alicyclic amines) is 1. The third kappa shape index (κ3) is 5.78. The molecule has 0 saturated carbocycles. The van der Waals surface area contributed by atoms with E-state index in [1.165, 1.54) is 24.5 Å². The van der Waals surface area contributed by atoms with E-state index in [0.29, 0.717) is 12.1 Å². The van der Waals surface area contributed by atoms with Gasteiger partial charge in [-0.3, -0.25) is 14.6 Å². The molecule has 2 amide bonds. The van der Waals surface area contributed by atoms with E-state index in [0.717, 1.165) is 24.8 Å². The van der Waals surface area contributed by atoms with Crippen molar-refractivity contribution in [1.82, 2.24) is 15.2 Å². The number of rotatable bonds is 8. The molecule has 1 N–H and O–H groups in total. The molecule has 3 heterocycles. The molecule has 0 unspecified atom stereocenters. The molecule has 0 aliphatic carbocycles. The number of halogens is 2. The second-order valence-corrected chi connectivity index (χ2v) is 8.06. The van der Waals surface area contributed by atoms with Gasteiger partial charge in [0.15, 0.2) is 5.76 Å². The zero-order chi connectivity index (χ0) is 23.9. The molecule has 3 aromatic rings. The number of benzene rings is 1. The number of pyridine rings is 1. The molecular weight excluding hydrogens is 444 g/mol. The molecule has 2 atom stereocenters. The van der Waals surface area contributed by atoms with Crippen molar-refractivity contribution < 1.29 is 27.5 Å². The summed E-state index contributed by atoms with van der Waals surface area (Å²) in [5, 5.41) is 2.79. The average molecular weight is 469 g/mol. The van der Waals surface area contributed by atoms with E-state index in [-0.39, 0.29) is 29.9 Å². The number of nitrogens with zero attached hydrogens (tertiary/aromatic N) is 2. The largest absolute Gasteiger partial charge is 0.459 e. The zero-order valence-electron chi connectivity index (χ0n) is 18.4. The van der Waals surface area contributed by atoms with Crippen LogP contribution in [0.1, 0.15) is 47.0 Å². The summed E-state index contributed by atoms with van der Waals surface area (Å²) in [5.74, 6) is -0.604. The zero-order valence-corrected chi connectivity index (χ0v) is 18.4. The fourth-order valence-corrected chi connectivity index (χ4v) is 4.20. The molecule has 4 rings (SSSR count). The van der Waals surface area contributed by atoms with Gasteiger partial charge in [-0.1, -0.05) is 18.2 Å². The van der Waals surface area contributed by atoms with Crippen LogP contribution < -0.4 is 10.1 Å². The smallest absolute Gasteiger partial charge is 0.387 e. The summed E-state index contributed by atoms with van der Waals surface area (Å²) in [7, 11) is 0. The molecule has 1 saturated heterocycles. The quantitative estimate of drug-likeness (QED) is 0.530. The Balaban J connectivity index is 1.57. The Hall–Kier alpha value is -3.75. The summed E-state index contributed by atoms with van der Waals surface area (Å²) in [6, 6.07) is 11.9. The summed E-state index contributed by atoms with van der Waals surface area (Å²) in [5.41, 5.74) is 1.63. The van der Waals surface area contributed by atoms with Crippen LogP contribution >= 0.6 is 0 Å². The Morgan fingerprint density at radius 3 is 2.65 bits per heavy atom. The first-order chi connectivity index (χ1) is 16.5. The number of carbonyl (C=O) groups excluding carboxylic acids is 2. The predicted molar refractivity (Wildman–Crippen MR) is 119 cm³/mol. The van der Waals surface area contributed by atoms with Crippen LogP contribution in [0.5, 0.6) is 5.75 Å². The molecule has 0 spiro atoms. The maximum absolute atomic E-state index is 13.7. The van der Waals surface area contributed by atoms with Crippen molar-refractivity contribution in [2.45, 2.75) is 44.4 Å². The van der Waals surface area contributed by atoms with Crippen LogP contribution in [0.4, 0.5) is 8.78 Å². The van der Waals surface area contributed by atoms with Crippen molar-refractivity contribution in [3.05, 3.63) is 84.1 Å². The van der Waals surface area contributed by atoms with Gasteiger partial charge in [-0.05, 0) is 60.7 Å². The van der Waals surface area contributed by atoms with Crippen molar-refractivity contribution >= 4 is 11.8 Å². The van der Waals surface area contributed by atoms with Crippen LogP contribution in [0, 0.1) is 0 Å².